The maximum absolute atomic E-state index is 5.97. The van der Waals surface area contributed by atoms with Crippen LogP contribution in [0.2, 0.25) is 0 Å². The highest BCUT2D eigenvalue weighted by atomic mass is 16.5. The SMILES string of the molecule is CC1(C)COC(C)(C)[C@@H]1N. The Morgan fingerprint density at radius 1 is 1.30 bits per heavy atom. The Morgan fingerprint density at radius 2 is 1.80 bits per heavy atom. The summed E-state index contributed by atoms with van der Waals surface area (Å²) in [6.45, 7) is 9.17. The van der Waals surface area contributed by atoms with E-state index in [9.17, 15) is 0 Å². The van der Waals surface area contributed by atoms with Gasteiger partial charge in [-0.15, -0.1) is 0 Å². The number of hydrogen-bond donors (Lipinski definition) is 1. The number of rotatable bonds is 0. The smallest absolute Gasteiger partial charge is 0.0783 e. The molecule has 1 aliphatic heterocycles. The molecule has 0 bridgehead atoms. The highest BCUT2D eigenvalue weighted by Crippen LogP contribution is 2.36. The van der Waals surface area contributed by atoms with Gasteiger partial charge in [-0.25, -0.2) is 0 Å². The van der Waals surface area contributed by atoms with Crippen molar-refractivity contribution in [1.29, 1.82) is 0 Å². The van der Waals surface area contributed by atoms with Crippen LogP contribution in [0.5, 0.6) is 0 Å². The molecule has 0 aromatic carbocycles. The van der Waals surface area contributed by atoms with E-state index in [0.29, 0.717) is 0 Å². The van der Waals surface area contributed by atoms with Crippen molar-refractivity contribution in [2.45, 2.75) is 39.3 Å². The van der Waals surface area contributed by atoms with Gasteiger partial charge in [0.15, 0.2) is 0 Å². The fourth-order valence-corrected chi connectivity index (χ4v) is 1.49. The van der Waals surface area contributed by atoms with Gasteiger partial charge in [0.1, 0.15) is 0 Å². The van der Waals surface area contributed by atoms with Crippen LogP contribution in [0.4, 0.5) is 0 Å². The monoisotopic (exact) mass is 143 g/mol. The third-order valence-electron chi connectivity index (χ3n) is 2.41. The standard InChI is InChI=1S/C8H17NO/c1-7(2)5-10-8(3,4)6(7)9/h6H,5,9H2,1-4H3/t6-/m1/s1. The average molecular weight is 143 g/mol. The van der Waals surface area contributed by atoms with Crippen LogP contribution >= 0.6 is 0 Å². The summed E-state index contributed by atoms with van der Waals surface area (Å²) in [6.07, 6.45) is 0. The van der Waals surface area contributed by atoms with Crippen molar-refractivity contribution in [1.82, 2.24) is 0 Å². The lowest BCUT2D eigenvalue weighted by molar-refractivity contribution is 0.0264. The van der Waals surface area contributed by atoms with Crippen molar-refractivity contribution in [3.05, 3.63) is 0 Å². The molecule has 1 atom stereocenters. The second-order valence-electron chi connectivity index (χ2n) is 4.36. The van der Waals surface area contributed by atoms with Crippen molar-refractivity contribution in [3.63, 3.8) is 0 Å². The molecule has 0 saturated carbocycles. The second-order valence-corrected chi connectivity index (χ2v) is 4.36. The quantitative estimate of drug-likeness (QED) is 0.552. The van der Waals surface area contributed by atoms with Gasteiger partial charge < -0.3 is 10.5 Å². The van der Waals surface area contributed by atoms with Crippen molar-refractivity contribution < 1.29 is 4.74 Å². The van der Waals surface area contributed by atoms with Crippen molar-refractivity contribution in [2.75, 3.05) is 6.61 Å². The van der Waals surface area contributed by atoms with E-state index in [1.807, 2.05) is 13.8 Å². The average Bonchev–Trinajstić information content (AvgIpc) is 1.95. The first-order valence-corrected chi connectivity index (χ1v) is 3.76. The fourth-order valence-electron chi connectivity index (χ4n) is 1.49. The molecule has 10 heavy (non-hydrogen) atoms. The highest BCUT2D eigenvalue weighted by Gasteiger charge is 2.45. The molecule has 60 valence electrons. The van der Waals surface area contributed by atoms with Gasteiger partial charge in [-0.05, 0) is 13.8 Å². The Morgan fingerprint density at radius 3 is 1.90 bits per heavy atom. The van der Waals surface area contributed by atoms with Crippen molar-refractivity contribution in [2.24, 2.45) is 11.1 Å². The Kier molecular flexibility index (Phi) is 1.57. The molecule has 0 spiro atoms. The molecule has 0 aromatic heterocycles. The zero-order valence-electron chi connectivity index (χ0n) is 7.27. The van der Waals surface area contributed by atoms with E-state index in [1.165, 1.54) is 0 Å². The van der Waals surface area contributed by atoms with Gasteiger partial charge >= 0.3 is 0 Å². The molecule has 2 nitrogen and oxygen atoms in total. The van der Waals surface area contributed by atoms with Gasteiger partial charge in [-0.2, -0.15) is 0 Å². The molecule has 2 heteroatoms. The summed E-state index contributed by atoms with van der Waals surface area (Å²) in [5.74, 6) is 0. The minimum atomic E-state index is -0.135. The molecule has 1 rings (SSSR count). The minimum absolute atomic E-state index is 0.135. The normalized spacial score (nSPS) is 36.3. The van der Waals surface area contributed by atoms with E-state index in [4.69, 9.17) is 10.5 Å². The summed E-state index contributed by atoms with van der Waals surface area (Å²) in [5.41, 5.74) is 5.97. The maximum Gasteiger partial charge on any atom is 0.0783 e. The topological polar surface area (TPSA) is 35.2 Å². The molecule has 0 aliphatic carbocycles. The molecule has 0 unspecified atom stereocenters. The summed E-state index contributed by atoms with van der Waals surface area (Å²) in [5, 5.41) is 0. The van der Waals surface area contributed by atoms with Crippen LogP contribution in [-0.2, 0) is 4.74 Å². The van der Waals surface area contributed by atoms with E-state index in [-0.39, 0.29) is 17.1 Å². The Balaban J connectivity index is 2.77. The molecule has 1 aliphatic rings. The van der Waals surface area contributed by atoms with Crippen LogP contribution in [0, 0.1) is 5.41 Å². The lowest BCUT2D eigenvalue weighted by atomic mass is 9.81. The van der Waals surface area contributed by atoms with Crippen LogP contribution in [-0.4, -0.2) is 18.2 Å². The van der Waals surface area contributed by atoms with Gasteiger partial charge in [-0.1, -0.05) is 13.8 Å². The van der Waals surface area contributed by atoms with Crippen LogP contribution in [0.1, 0.15) is 27.7 Å². The molecule has 1 saturated heterocycles. The van der Waals surface area contributed by atoms with Crippen molar-refractivity contribution >= 4 is 0 Å². The van der Waals surface area contributed by atoms with E-state index < -0.39 is 0 Å². The van der Waals surface area contributed by atoms with Gasteiger partial charge in [-0.3, -0.25) is 0 Å². The van der Waals surface area contributed by atoms with E-state index in [2.05, 4.69) is 13.8 Å². The van der Waals surface area contributed by atoms with E-state index in [1.54, 1.807) is 0 Å². The maximum atomic E-state index is 5.97. The Bertz CT molecular complexity index is 124. The van der Waals surface area contributed by atoms with Gasteiger partial charge in [0.25, 0.3) is 0 Å². The van der Waals surface area contributed by atoms with Crippen LogP contribution in [0.3, 0.4) is 0 Å². The molecular formula is C8H17NO. The van der Waals surface area contributed by atoms with Gasteiger partial charge in [0.2, 0.25) is 0 Å². The first-order valence-electron chi connectivity index (χ1n) is 3.76. The molecule has 1 fully saturated rings. The van der Waals surface area contributed by atoms with E-state index in [0.717, 1.165) is 6.61 Å². The third-order valence-corrected chi connectivity index (χ3v) is 2.41. The first-order chi connectivity index (χ1) is 4.36. The minimum Gasteiger partial charge on any atom is -0.373 e. The molecule has 1 heterocycles. The van der Waals surface area contributed by atoms with Crippen LogP contribution in [0.25, 0.3) is 0 Å². The largest absolute Gasteiger partial charge is 0.373 e. The lowest BCUT2D eigenvalue weighted by Gasteiger charge is -2.28. The Labute approximate surface area is 62.7 Å². The highest BCUT2D eigenvalue weighted by molar-refractivity contribution is 4.99. The summed E-state index contributed by atoms with van der Waals surface area (Å²) in [4.78, 5) is 0. The van der Waals surface area contributed by atoms with Crippen molar-refractivity contribution in [3.8, 4) is 0 Å². The number of nitrogens with two attached hydrogens (primary N) is 1. The Hall–Kier alpha value is -0.0800. The summed E-state index contributed by atoms with van der Waals surface area (Å²) in [6, 6.07) is 0.153. The number of hydrogen-bond acceptors (Lipinski definition) is 2. The molecule has 0 radical (unpaired) electrons. The van der Waals surface area contributed by atoms with Gasteiger partial charge in [0, 0.05) is 11.5 Å². The molecule has 0 amide bonds. The summed E-state index contributed by atoms with van der Waals surface area (Å²) >= 11 is 0. The van der Waals surface area contributed by atoms with Crippen LogP contribution in [0.15, 0.2) is 0 Å². The molecule has 2 N–H and O–H groups in total. The van der Waals surface area contributed by atoms with Gasteiger partial charge in [0.05, 0.1) is 12.2 Å². The summed E-state index contributed by atoms with van der Waals surface area (Å²) in [7, 11) is 0. The zero-order valence-corrected chi connectivity index (χ0v) is 7.27. The van der Waals surface area contributed by atoms with E-state index >= 15 is 0 Å². The summed E-state index contributed by atoms with van der Waals surface area (Å²) < 4.78 is 5.54. The number of ether oxygens (including phenoxy) is 1. The zero-order chi connectivity index (χ0) is 7.99. The molecular weight excluding hydrogens is 126 g/mol. The predicted octanol–water partition coefficient (Wildman–Crippen LogP) is 1.15. The third kappa shape index (κ3) is 1.06. The second kappa shape index (κ2) is 1.95. The fraction of sp³-hybridized carbons (Fsp3) is 1.00. The molecule has 0 aromatic rings. The predicted molar refractivity (Wildman–Crippen MR) is 41.8 cm³/mol. The van der Waals surface area contributed by atoms with Crippen LogP contribution < -0.4 is 5.73 Å². The lowest BCUT2D eigenvalue weighted by Crippen LogP contribution is -2.46. The first kappa shape index (κ1) is 8.02.